The van der Waals surface area contributed by atoms with Crippen LogP contribution >= 0.6 is 11.6 Å². The van der Waals surface area contributed by atoms with E-state index in [0.29, 0.717) is 71.7 Å². The van der Waals surface area contributed by atoms with E-state index in [2.05, 4.69) is 32.3 Å². The SMILES string of the molecule is N#Cc1cnc(NCc2ccccc2Cl)nc1NCC12CC3C[C@H](C1)C(NC1CCC(NC4CCC(F)(F)CC4)CC1)[C@@H](C3)C2. The number of alkyl halides is 2. The van der Waals surface area contributed by atoms with Gasteiger partial charge in [-0.05, 0) is 105 Å². The zero-order chi connectivity index (χ0) is 31.0. The zero-order valence-corrected chi connectivity index (χ0v) is 26.8. The molecule has 10 heteroatoms. The van der Waals surface area contributed by atoms with E-state index in [1.54, 1.807) is 6.20 Å². The number of halogens is 3. The van der Waals surface area contributed by atoms with E-state index in [9.17, 15) is 14.0 Å². The molecule has 6 aliphatic rings. The van der Waals surface area contributed by atoms with Crippen LogP contribution in [0, 0.1) is 34.5 Å². The van der Waals surface area contributed by atoms with Gasteiger partial charge in [-0.3, -0.25) is 0 Å². The lowest BCUT2D eigenvalue weighted by molar-refractivity contribution is -0.0731. The van der Waals surface area contributed by atoms with Crippen molar-refractivity contribution in [3.8, 4) is 6.07 Å². The molecular formula is C35H46ClF2N7. The van der Waals surface area contributed by atoms with Crippen LogP contribution in [0.1, 0.15) is 94.6 Å². The van der Waals surface area contributed by atoms with Gasteiger partial charge in [0.15, 0.2) is 0 Å². The highest BCUT2D eigenvalue weighted by Gasteiger charge is 2.55. The van der Waals surface area contributed by atoms with Crippen molar-refractivity contribution in [2.45, 2.75) is 120 Å². The summed E-state index contributed by atoms with van der Waals surface area (Å²) in [5.74, 6) is 0.821. The van der Waals surface area contributed by atoms with Gasteiger partial charge in [0.1, 0.15) is 17.5 Å². The lowest BCUT2D eigenvalue weighted by Gasteiger charge is -2.61. The third-order valence-electron chi connectivity index (χ3n) is 11.7. The molecule has 7 nitrogen and oxygen atoms in total. The van der Waals surface area contributed by atoms with Crippen LogP contribution in [0.2, 0.25) is 5.02 Å². The fourth-order valence-electron chi connectivity index (χ4n) is 9.69. The Bertz CT molecular complexity index is 1360. The summed E-state index contributed by atoms with van der Waals surface area (Å²) in [6.45, 7) is 1.34. The van der Waals surface area contributed by atoms with Crippen molar-refractivity contribution in [2.75, 3.05) is 17.2 Å². The molecule has 242 valence electrons. The van der Waals surface area contributed by atoms with Crippen molar-refractivity contribution < 1.29 is 8.78 Å². The molecule has 2 aromatic rings. The average molecular weight is 638 g/mol. The van der Waals surface area contributed by atoms with Gasteiger partial charge >= 0.3 is 0 Å². The molecule has 4 N–H and O–H groups in total. The molecule has 1 heterocycles. The van der Waals surface area contributed by atoms with Crippen LogP contribution in [0.4, 0.5) is 20.5 Å². The Morgan fingerprint density at radius 3 is 2.24 bits per heavy atom. The van der Waals surface area contributed by atoms with Crippen LogP contribution in [0.3, 0.4) is 0 Å². The monoisotopic (exact) mass is 637 g/mol. The highest BCUT2D eigenvalue weighted by molar-refractivity contribution is 6.31. The number of nitriles is 1. The summed E-state index contributed by atoms with van der Waals surface area (Å²) in [6, 6.07) is 11.9. The van der Waals surface area contributed by atoms with Gasteiger partial charge in [-0.2, -0.15) is 10.2 Å². The third kappa shape index (κ3) is 7.08. The molecule has 5 atom stereocenters. The first-order valence-corrected chi connectivity index (χ1v) is 17.5. The van der Waals surface area contributed by atoms with Crippen LogP contribution in [0.5, 0.6) is 0 Å². The lowest BCUT2D eigenvalue weighted by atomic mass is 9.47. The molecular weight excluding hydrogens is 592 g/mol. The van der Waals surface area contributed by atoms with Gasteiger partial charge in [-0.25, -0.2) is 13.8 Å². The van der Waals surface area contributed by atoms with Gasteiger partial charge in [0.2, 0.25) is 11.9 Å². The van der Waals surface area contributed by atoms with Crippen LogP contribution in [-0.2, 0) is 6.54 Å². The van der Waals surface area contributed by atoms with Crippen molar-refractivity contribution in [2.24, 2.45) is 23.2 Å². The molecule has 45 heavy (non-hydrogen) atoms. The molecule has 0 saturated heterocycles. The molecule has 1 aromatic carbocycles. The third-order valence-corrected chi connectivity index (χ3v) is 12.0. The smallest absolute Gasteiger partial charge is 0.248 e. The highest BCUT2D eigenvalue weighted by atomic mass is 35.5. The first-order chi connectivity index (χ1) is 21.8. The van der Waals surface area contributed by atoms with Gasteiger partial charge in [0, 0.05) is 55.1 Å². The Kier molecular flexibility index (Phi) is 8.93. The summed E-state index contributed by atoms with van der Waals surface area (Å²) in [5.41, 5.74) is 1.68. The first-order valence-electron chi connectivity index (χ1n) is 17.1. The first kappa shape index (κ1) is 31.1. The zero-order valence-electron chi connectivity index (χ0n) is 26.0. The molecule has 3 unspecified atom stereocenters. The van der Waals surface area contributed by atoms with Crippen molar-refractivity contribution in [1.82, 2.24) is 20.6 Å². The molecule has 0 spiro atoms. The normalized spacial score (nSPS) is 33.9. The quantitative estimate of drug-likeness (QED) is 0.217. The summed E-state index contributed by atoms with van der Waals surface area (Å²) in [6.07, 6.45) is 13.8. The van der Waals surface area contributed by atoms with Gasteiger partial charge in [-0.15, -0.1) is 0 Å². The molecule has 6 saturated carbocycles. The Morgan fingerprint density at radius 2 is 1.56 bits per heavy atom. The maximum absolute atomic E-state index is 13.6. The fourth-order valence-corrected chi connectivity index (χ4v) is 9.89. The molecule has 0 amide bonds. The lowest BCUT2D eigenvalue weighted by Crippen LogP contribution is -2.61. The Morgan fingerprint density at radius 1 is 0.889 bits per heavy atom. The minimum absolute atomic E-state index is 0.0330. The topological polar surface area (TPSA) is 97.7 Å². The second-order valence-electron chi connectivity index (χ2n) is 14.9. The number of benzene rings is 1. The summed E-state index contributed by atoms with van der Waals surface area (Å²) >= 11 is 6.32. The van der Waals surface area contributed by atoms with Crippen molar-refractivity contribution >= 4 is 23.4 Å². The van der Waals surface area contributed by atoms with Crippen LogP contribution in [0.15, 0.2) is 30.5 Å². The Labute approximate surface area is 270 Å². The Hall–Kier alpha value is -2.54. The number of hydrogen-bond acceptors (Lipinski definition) is 7. The predicted octanol–water partition coefficient (Wildman–Crippen LogP) is 7.29. The van der Waals surface area contributed by atoms with Crippen LogP contribution < -0.4 is 21.3 Å². The minimum atomic E-state index is -2.46. The summed E-state index contributed by atoms with van der Waals surface area (Å²) in [7, 11) is 0. The van der Waals surface area contributed by atoms with E-state index in [1.165, 1.54) is 44.9 Å². The maximum Gasteiger partial charge on any atom is 0.248 e. The number of anilines is 2. The molecule has 0 radical (unpaired) electrons. The Balaban J connectivity index is 0.919. The van der Waals surface area contributed by atoms with E-state index in [4.69, 9.17) is 16.6 Å². The van der Waals surface area contributed by atoms with Gasteiger partial charge < -0.3 is 21.3 Å². The second-order valence-corrected chi connectivity index (χ2v) is 15.3. The minimum Gasteiger partial charge on any atom is -0.368 e. The number of nitrogens with one attached hydrogen (secondary N) is 4. The molecule has 1 aromatic heterocycles. The molecule has 6 fully saturated rings. The molecule has 6 aliphatic carbocycles. The number of aromatic nitrogens is 2. The van der Waals surface area contributed by atoms with Gasteiger partial charge in [0.05, 0.1) is 6.20 Å². The largest absolute Gasteiger partial charge is 0.368 e. The van der Waals surface area contributed by atoms with Crippen molar-refractivity contribution in [3.63, 3.8) is 0 Å². The predicted molar refractivity (Wildman–Crippen MR) is 173 cm³/mol. The summed E-state index contributed by atoms with van der Waals surface area (Å²) < 4.78 is 27.1. The van der Waals surface area contributed by atoms with Crippen LogP contribution in [-0.4, -0.2) is 46.6 Å². The van der Waals surface area contributed by atoms with Crippen LogP contribution in [0.25, 0.3) is 0 Å². The average Bonchev–Trinajstić information content (AvgIpc) is 3.03. The van der Waals surface area contributed by atoms with E-state index >= 15 is 0 Å². The standard InChI is InChI=1S/C35H46ClF2N7/c36-30-4-2-1-3-23(30)19-40-33-41-20-26(18-39)32(45-33)42-21-34-15-22-13-24(16-34)31(25(14-22)17-34)44-28-7-5-27(6-8-28)43-29-9-11-35(37,38)12-10-29/h1-4,20,22,24-25,27-29,31,43-44H,5-17,19,21H2,(H2,40,41,42,45)/t22?,24-,25+,27?,28?,31?,34?. The van der Waals surface area contributed by atoms with E-state index in [-0.39, 0.29) is 24.3 Å². The fraction of sp³-hybridized carbons (Fsp3) is 0.686. The van der Waals surface area contributed by atoms with E-state index in [0.717, 1.165) is 30.9 Å². The molecule has 8 rings (SSSR count). The maximum atomic E-state index is 13.6. The second kappa shape index (κ2) is 12.9. The highest BCUT2D eigenvalue weighted by Crippen LogP contribution is 2.60. The van der Waals surface area contributed by atoms with Gasteiger partial charge in [0.25, 0.3) is 0 Å². The van der Waals surface area contributed by atoms with Crippen molar-refractivity contribution in [3.05, 3.63) is 46.6 Å². The summed E-state index contributed by atoms with van der Waals surface area (Å²) in [5, 5.41) is 25.2. The number of rotatable bonds is 10. The number of hydrogen-bond donors (Lipinski definition) is 4. The van der Waals surface area contributed by atoms with Crippen molar-refractivity contribution in [1.29, 1.82) is 5.26 Å². The molecule has 4 bridgehead atoms. The van der Waals surface area contributed by atoms with E-state index in [1.807, 2.05) is 24.3 Å². The van der Waals surface area contributed by atoms with E-state index < -0.39 is 5.92 Å². The van der Waals surface area contributed by atoms with Gasteiger partial charge in [-0.1, -0.05) is 29.8 Å². The summed E-state index contributed by atoms with van der Waals surface area (Å²) in [4.78, 5) is 9.06. The molecule has 0 aliphatic heterocycles. The number of nitrogens with zero attached hydrogens (tertiary/aromatic N) is 3.